The van der Waals surface area contributed by atoms with E-state index in [9.17, 15) is 0 Å². The van der Waals surface area contributed by atoms with Crippen LogP contribution in [0.15, 0.2) is 16.4 Å². The highest BCUT2D eigenvalue weighted by molar-refractivity contribution is 5.58. The molecule has 0 radical (unpaired) electrons. The predicted molar refractivity (Wildman–Crippen MR) is 41.3 cm³/mol. The van der Waals surface area contributed by atoms with Gasteiger partial charge in [0.25, 0.3) is 0 Å². The third kappa shape index (κ3) is 2.88. The Morgan fingerprint density at radius 3 is 2.80 bits per heavy atom. The molecule has 3 nitrogen and oxygen atoms in total. The van der Waals surface area contributed by atoms with Gasteiger partial charge in [0.15, 0.2) is 0 Å². The van der Waals surface area contributed by atoms with Gasteiger partial charge in [-0.3, -0.25) is 0 Å². The summed E-state index contributed by atoms with van der Waals surface area (Å²) in [7, 11) is 0. The van der Waals surface area contributed by atoms with Crippen molar-refractivity contribution in [2.24, 2.45) is 10.7 Å². The Hall–Kier alpha value is -1.30. The molecule has 0 aromatic heterocycles. The van der Waals surface area contributed by atoms with Gasteiger partial charge in [-0.05, 0) is 13.3 Å². The van der Waals surface area contributed by atoms with Crippen molar-refractivity contribution < 1.29 is 0 Å². The van der Waals surface area contributed by atoms with Crippen LogP contribution in [0.4, 0.5) is 0 Å². The number of hydrogen-bond donors (Lipinski definition) is 1. The number of allylic oxidation sites excluding steroid dienone is 1. The van der Waals surface area contributed by atoms with E-state index in [1.807, 2.05) is 13.0 Å². The zero-order valence-electron chi connectivity index (χ0n) is 6.26. The smallest absolute Gasteiger partial charge is 0.136 e. The molecule has 0 saturated heterocycles. The fourth-order valence-corrected chi connectivity index (χ4v) is 0.344. The summed E-state index contributed by atoms with van der Waals surface area (Å²) < 4.78 is 0. The molecular weight excluding hydrogens is 126 g/mol. The molecule has 54 valence electrons. The molecule has 0 aromatic rings. The zero-order valence-corrected chi connectivity index (χ0v) is 6.26. The average Bonchev–Trinajstić information content (AvgIpc) is 1.98. The Labute approximate surface area is 60.9 Å². The van der Waals surface area contributed by atoms with E-state index in [0.29, 0.717) is 11.4 Å². The van der Waals surface area contributed by atoms with Crippen LogP contribution in [0.25, 0.3) is 0 Å². The molecule has 0 heterocycles. The minimum Gasteiger partial charge on any atom is -0.383 e. The highest BCUT2D eigenvalue weighted by atomic mass is 14.9. The topological polar surface area (TPSA) is 62.2 Å². The van der Waals surface area contributed by atoms with E-state index in [2.05, 4.69) is 4.99 Å². The van der Waals surface area contributed by atoms with E-state index >= 15 is 0 Å². The van der Waals surface area contributed by atoms with Gasteiger partial charge in [-0.2, -0.15) is 5.26 Å². The van der Waals surface area contributed by atoms with E-state index in [0.717, 1.165) is 6.42 Å². The number of hydrogen-bond acceptors (Lipinski definition) is 3. The van der Waals surface area contributed by atoms with Crippen LogP contribution in [0, 0.1) is 11.3 Å². The van der Waals surface area contributed by atoms with Gasteiger partial charge in [0.05, 0.1) is 11.6 Å². The fourth-order valence-electron chi connectivity index (χ4n) is 0.344. The lowest BCUT2D eigenvalue weighted by Crippen LogP contribution is -1.96. The van der Waals surface area contributed by atoms with E-state index in [4.69, 9.17) is 11.0 Å². The van der Waals surface area contributed by atoms with Gasteiger partial charge >= 0.3 is 0 Å². The van der Waals surface area contributed by atoms with Crippen LogP contribution >= 0.6 is 0 Å². The van der Waals surface area contributed by atoms with Crippen molar-refractivity contribution in [1.29, 1.82) is 5.26 Å². The van der Waals surface area contributed by atoms with Gasteiger partial charge in [0.2, 0.25) is 0 Å². The lowest BCUT2D eigenvalue weighted by molar-refractivity contribution is 1.17. The molecule has 0 bridgehead atoms. The standard InChI is InChI=1S/C7H11N3/c1-3-4-10-7(9)6(2)5-8/h4H,3,9H2,1-2H3/b7-6+,10-4-. The molecule has 2 N–H and O–H groups in total. The van der Waals surface area contributed by atoms with Crippen molar-refractivity contribution >= 4 is 6.21 Å². The molecule has 3 heteroatoms. The van der Waals surface area contributed by atoms with E-state index < -0.39 is 0 Å². The lowest BCUT2D eigenvalue weighted by Gasteiger charge is -1.90. The number of nitrogens with two attached hydrogens (primary N) is 1. The van der Waals surface area contributed by atoms with Crippen LogP contribution in [-0.4, -0.2) is 6.21 Å². The molecule has 0 amide bonds. The maximum atomic E-state index is 8.34. The minimum absolute atomic E-state index is 0.310. The Morgan fingerprint density at radius 2 is 2.40 bits per heavy atom. The molecule has 0 saturated carbocycles. The summed E-state index contributed by atoms with van der Waals surface area (Å²) in [6.45, 7) is 3.60. The molecule has 0 atom stereocenters. The summed E-state index contributed by atoms with van der Waals surface area (Å²) in [6, 6.07) is 1.91. The summed E-state index contributed by atoms with van der Waals surface area (Å²) >= 11 is 0. The van der Waals surface area contributed by atoms with Gasteiger partial charge in [0, 0.05) is 6.21 Å². The molecule has 0 fully saturated rings. The zero-order chi connectivity index (χ0) is 7.98. The van der Waals surface area contributed by atoms with Gasteiger partial charge in [-0.1, -0.05) is 6.92 Å². The Bertz CT molecular complexity index is 195. The SMILES string of the molecule is CC/C=N\C(N)=C(/C)C#N. The second-order valence-electron chi connectivity index (χ2n) is 1.84. The molecule has 0 aliphatic carbocycles. The number of aliphatic imine (C=N–C) groups is 1. The largest absolute Gasteiger partial charge is 0.383 e. The van der Waals surface area contributed by atoms with Crippen LogP contribution < -0.4 is 5.73 Å². The molecule has 0 spiro atoms. The van der Waals surface area contributed by atoms with Crippen LogP contribution in [0.1, 0.15) is 20.3 Å². The van der Waals surface area contributed by atoms with Gasteiger partial charge in [0.1, 0.15) is 5.82 Å². The molecule has 0 rings (SSSR count). The third-order valence-electron chi connectivity index (χ3n) is 0.965. The number of nitrogens with zero attached hydrogens (tertiary/aromatic N) is 2. The molecule has 0 aromatic carbocycles. The first kappa shape index (κ1) is 8.70. The van der Waals surface area contributed by atoms with Gasteiger partial charge in [-0.15, -0.1) is 0 Å². The molecule has 0 unspecified atom stereocenters. The van der Waals surface area contributed by atoms with E-state index in [1.54, 1.807) is 13.1 Å². The fraction of sp³-hybridized carbons (Fsp3) is 0.429. The second kappa shape index (κ2) is 4.57. The summed E-state index contributed by atoms with van der Waals surface area (Å²) in [5.74, 6) is 0.310. The minimum atomic E-state index is 0.310. The average molecular weight is 137 g/mol. The highest BCUT2D eigenvalue weighted by Gasteiger charge is 1.89. The van der Waals surface area contributed by atoms with Gasteiger partial charge in [-0.25, -0.2) is 4.99 Å². The van der Waals surface area contributed by atoms with Crippen LogP contribution in [-0.2, 0) is 0 Å². The van der Waals surface area contributed by atoms with Crippen molar-refractivity contribution in [2.75, 3.05) is 0 Å². The van der Waals surface area contributed by atoms with Crippen molar-refractivity contribution in [3.63, 3.8) is 0 Å². The normalized spacial score (nSPS) is 12.9. The highest BCUT2D eigenvalue weighted by Crippen LogP contribution is 1.95. The van der Waals surface area contributed by atoms with Crippen LogP contribution in [0.3, 0.4) is 0 Å². The first-order valence-corrected chi connectivity index (χ1v) is 3.11. The van der Waals surface area contributed by atoms with Crippen molar-refractivity contribution in [3.05, 3.63) is 11.4 Å². The Morgan fingerprint density at radius 1 is 1.80 bits per heavy atom. The molecular formula is C7H11N3. The molecule has 10 heavy (non-hydrogen) atoms. The predicted octanol–water partition coefficient (Wildman–Crippen LogP) is 1.18. The van der Waals surface area contributed by atoms with Crippen LogP contribution in [0.2, 0.25) is 0 Å². The second-order valence-corrected chi connectivity index (χ2v) is 1.84. The third-order valence-corrected chi connectivity index (χ3v) is 0.965. The van der Waals surface area contributed by atoms with Crippen LogP contribution in [0.5, 0.6) is 0 Å². The Kier molecular flexibility index (Phi) is 3.97. The number of rotatable bonds is 2. The summed E-state index contributed by atoms with van der Waals surface area (Å²) in [4.78, 5) is 3.82. The maximum absolute atomic E-state index is 8.34. The lowest BCUT2D eigenvalue weighted by atomic mass is 10.3. The molecule has 0 aliphatic heterocycles. The van der Waals surface area contributed by atoms with Crippen molar-refractivity contribution in [3.8, 4) is 6.07 Å². The monoisotopic (exact) mass is 137 g/mol. The van der Waals surface area contributed by atoms with E-state index in [-0.39, 0.29) is 0 Å². The summed E-state index contributed by atoms with van der Waals surface area (Å²) in [5.41, 5.74) is 5.84. The first-order chi connectivity index (χ1) is 4.72. The number of nitriles is 1. The Balaban J connectivity index is 4.22. The first-order valence-electron chi connectivity index (χ1n) is 3.11. The van der Waals surface area contributed by atoms with E-state index in [1.165, 1.54) is 0 Å². The summed E-state index contributed by atoms with van der Waals surface area (Å²) in [6.07, 6.45) is 2.51. The molecule has 0 aliphatic rings. The summed E-state index contributed by atoms with van der Waals surface area (Å²) in [5, 5.41) is 8.34. The quantitative estimate of drug-likeness (QED) is 0.459. The van der Waals surface area contributed by atoms with Crippen molar-refractivity contribution in [2.45, 2.75) is 20.3 Å². The maximum Gasteiger partial charge on any atom is 0.136 e. The van der Waals surface area contributed by atoms with Gasteiger partial charge < -0.3 is 5.73 Å². The van der Waals surface area contributed by atoms with Crippen molar-refractivity contribution in [1.82, 2.24) is 0 Å².